The van der Waals surface area contributed by atoms with Gasteiger partial charge < -0.3 is 5.32 Å². The monoisotopic (exact) mass is 189 g/mol. The van der Waals surface area contributed by atoms with E-state index in [0.29, 0.717) is 11.3 Å². The molecule has 1 N–H and O–H groups in total. The number of aryl methyl sites for hydroxylation is 1. The maximum atomic E-state index is 3.54. The number of hydrogen-bond donors (Lipinski definition) is 1. The van der Waals surface area contributed by atoms with E-state index in [-0.39, 0.29) is 0 Å². The Morgan fingerprint density at radius 2 is 2.07 bits per heavy atom. The highest BCUT2D eigenvalue weighted by molar-refractivity contribution is 5.64. The van der Waals surface area contributed by atoms with Gasteiger partial charge in [0, 0.05) is 17.6 Å². The summed E-state index contributed by atoms with van der Waals surface area (Å²) in [6, 6.07) is 6.61. The Labute approximate surface area is 86.5 Å². The maximum Gasteiger partial charge on any atom is 0.0409 e. The molecule has 1 aliphatic rings. The Bertz CT molecular complexity index is 354. The van der Waals surface area contributed by atoms with E-state index in [1.165, 1.54) is 16.8 Å². The molecule has 1 heterocycles. The minimum Gasteiger partial charge on any atom is -0.384 e. The minimum atomic E-state index is 0.307. The SMILES string of the molecule is Cc1cccc2c1NCC2(C)C(C)C. The first-order valence-electron chi connectivity index (χ1n) is 5.39. The number of nitrogens with one attached hydrogen (secondary N) is 1. The van der Waals surface area contributed by atoms with Crippen LogP contribution in [0.15, 0.2) is 18.2 Å². The van der Waals surface area contributed by atoms with Gasteiger partial charge in [0.25, 0.3) is 0 Å². The summed E-state index contributed by atoms with van der Waals surface area (Å²) in [5, 5.41) is 3.54. The molecule has 0 radical (unpaired) electrons. The minimum absolute atomic E-state index is 0.307. The Balaban J connectivity index is 2.55. The highest BCUT2D eigenvalue weighted by Gasteiger charge is 2.37. The molecular formula is C13H19N. The molecule has 0 aromatic heterocycles. The Hall–Kier alpha value is -0.980. The van der Waals surface area contributed by atoms with E-state index in [1.54, 1.807) is 0 Å². The van der Waals surface area contributed by atoms with E-state index < -0.39 is 0 Å². The van der Waals surface area contributed by atoms with Crippen LogP contribution in [-0.4, -0.2) is 6.54 Å². The van der Waals surface area contributed by atoms with E-state index in [4.69, 9.17) is 0 Å². The normalized spacial score (nSPS) is 24.9. The van der Waals surface area contributed by atoms with Gasteiger partial charge >= 0.3 is 0 Å². The van der Waals surface area contributed by atoms with Gasteiger partial charge in [-0.1, -0.05) is 39.0 Å². The van der Waals surface area contributed by atoms with E-state index in [0.717, 1.165) is 6.54 Å². The average molecular weight is 189 g/mol. The van der Waals surface area contributed by atoms with Crippen LogP contribution in [0.1, 0.15) is 31.9 Å². The van der Waals surface area contributed by atoms with Gasteiger partial charge in [0.2, 0.25) is 0 Å². The summed E-state index contributed by atoms with van der Waals surface area (Å²) in [6.07, 6.45) is 0. The summed E-state index contributed by atoms with van der Waals surface area (Å²) in [4.78, 5) is 0. The maximum absolute atomic E-state index is 3.54. The molecule has 1 aromatic carbocycles. The van der Waals surface area contributed by atoms with Crippen molar-refractivity contribution in [2.45, 2.75) is 33.1 Å². The Morgan fingerprint density at radius 1 is 1.36 bits per heavy atom. The zero-order valence-corrected chi connectivity index (χ0v) is 9.52. The highest BCUT2D eigenvalue weighted by Crippen LogP contribution is 2.42. The molecule has 0 bridgehead atoms. The lowest BCUT2D eigenvalue weighted by Crippen LogP contribution is -2.30. The lowest BCUT2D eigenvalue weighted by molar-refractivity contribution is 0.371. The fourth-order valence-electron chi connectivity index (χ4n) is 2.26. The van der Waals surface area contributed by atoms with Crippen LogP contribution in [0.2, 0.25) is 0 Å². The van der Waals surface area contributed by atoms with E-state index in [2.05, 4.69) is 51.2 Å². The van der Waals surface area contributed by atoms with Crippen LogP contribution in [0.3, 0.4) is 0 Å². The van der Waals surface area contributed by atoms with Crippen LogP contribution in [-0.2, 0) is 5.41 Å². The number of rotatable bonds is 1. The number of benzene rings is 1. The Kier molecular flexibility index (Phi) is 2.06. The first-order valence-corrected chi connectivity index (χ1v) is 5.39. The molecule has 0 saturated heterocycles. The molecule has 0 aliphatic carbocycles. The third-order valence-corrected chi connectivity index (χ3v) is 3.79. The van der Waals surface area contributed by atoms with Crippen molar-refractivity contribution in [1.29, 1.82) is 0 Å². The molecular weight excluding hydrogens is 170 g/mol. The average Bonchev–Trinajstić information content (AvgIpc) is 2.47. The van der Waals surface area contributed by atoms with Gasteiger partial charge in [-0.2, -0.15) is 0 Å². The van der Waals surface area contributed by atoms with Crippen LogP contribution in [0.5, 0.6) is 0 Å². The third kappa shape index (κ3) is 1.15. The second kappa shape index (κ2) is 3.01. The first-order chi connectivity index (χ1) is 6.55. The van der Waals surface area contributed by atoms with Crippen LogP contribution < -0.4 is 5.32 Å². The van der Waals surface area contributed by atoms with Crippen molar-refractivity contribution >= 4 is 5.69 Å². The van der Waals surface area contributed by atoms with Gasteiger partial charge in [-0.3, -0.25) is 0 Å². The molecule has 1 heteroatoms. The van der Waals surface area contributed by atoms with E-state index >= 15 is 0 Å². The molecule has 76 valence electrons. The summed E-state index contributed by atoms with van der Waals surface area (Å²) in [7, 11) is 0. The smallest absolute Gasteiger partial charge is 0.0409 e. The van der Waals surface area contributed by atoms with Crippen molar-refractivity contribution in [2.75, 3.05) is 11.9 Å². The lowest BCUT2D eigenvalue weighted by atomic mass is 9.75. The predicted molar refractivity (Wildman–Crippen MR) is 61.9 cm³/mol. The molecule has 0 fully saturated rings. The summed E-state index contributed by atoms with van der Waals surface area (Å²) < 4.78 is 0. The predicted octanol–water partition coefficient (Wildman–Crippen LogP) is 3.33. The third-order valence-electron chi connectivity index (χ3n) is 3.79. The Morgan fingerprint density at radius 3 is 2.71 bits per heavy atom. The van der Waals surface area contributed by atoms with Crippen LogP contribution >= 0.6 is 0 Å². The van der Waals surface area contributed by atoms with Gasteiger partial charge in [-0.15, -0.1) is 0 Å². The first kappa shape index (κ1) is 9.57. The molecule has 1 nitrogen and oxygen atoms in total. The van der Waals surface area contributed by atoms with Gasteiger partial charge in [0.15, 0.2) is 0 Å². The molecule has 0 spiro atoms. The molecule has 1 atom stereocenters. The van der Waals surface area contributed by atoms with Gasteiger partial charge in [0.1, 0.15) is 0 Å². The van der Waals surface area contributed by atoms with Crippen molar-refractivity contribution in [2.24, 2.45) is 5.92 Å². The number of anilines is 1. The van der Waals surface area contributed by atoms with Crippen molar-refractivity contribution in [3.05, 3.63) is 29.3 Å². The molecule has 0 saturated carbocycles. The zero-order valence-electron chi connectivity index (χ0n) is 9.52. The fourth-order valence-corrected chi connectivity index (χ4v) is 2.26. The van der Waals surface area contributed by atoms with Crippen molar-refractivity contribution in [3.8, 4) is 0 Å². The standard InChI is InChI=1S/C13H19N/c1-9(2)13(4)8-14-12-10(3)6-5-7-11(12)13/h5-7,9,14H,8H2,1-4H3. The number of hydrogen-bond acceptors (Lipinski definition) is 1. The van der Waals surface area contributed by atoms with Crippen molar-refractivity contribution in [1.82, 2.24) is 0 Å². The number of para-hydroxylation sites is 1. The summed E-state index contributed by atoms with van der Waals surface area (Å²) in [6.45, 7) is 10.2. The van der Waals surface area contributed by atoms with Crippen LogP contribution in [0.4, 0.5) is 5.69 Å². The fraction of sp³-hybridized carbons (Fsp3) is 0.538. The van der Waals surface area contributed by atoms with Gasteiger partial charge in [-0.05, 0) is 24.0 Å². The highest BCUT2D eigenvalue weighted by atomic mass is 14.9. The van der Waals surface area contributed by atoms with Crippen LogP contribution in [0, 0.1) is 12.8 Å². The molecule has 1 aliphatic heterocycles. The summed E-state index contributed by atoms with van der Waals surface area (Å²) in [5.74, 6) is 0.679. The summed E-state index contributed by atoms with van der Waals surface area (Å²) in [5.41, 5.74) is 4.53. The van der Waals surface area contributed by atoms with Crippen molar-refractivity contribution in [3.63, 3.8) is 0 Å². The topological polar surface area (TPSA) is 12.0 Å². The summed E-state index contributed by atoms with van der Waals surface area (Å²) >= 11 is 0. The van der Waals surface area contributed by atoms with Crippen molar-refractivity contribution < 1.29 is 0 Å². The van der Waals surface area contributed by atoms with E-state index in [9.17, 15) is 0 Å². The molecule has 2 rings (SSSR count). The van der Waals surface area contributed by atoms with E-state index in [1.807, 2.05) is 0 Å². The lowest BCUT2D eigenvalue weighted by Gasteiger charge is -2.28. The van der Waals surface area contributed by atoms with Gasteiger partial charge in [0.05, 0.1) is 0 Å². The van der Waals surface area contributed by atoms with Gasteiger partial charge in [-0.25, -0.2) is 0 Å². The zero-order chi connectivity index (χ0) is 10.3. The molecule has 14 heavy (non-hydrogen) atoms. The van der Waals surface area contributed by atoms with Crippen LogP contribution in [0.25, 0.3) is 0 Å². The second-order valence-electron chi connectivity index (χ2n) is 4.92. The largest absolute Gasteiger partial charge is 0.384 e. The molecule has 1 unspecified atom stereocenters. The molecule has 0 amide bonds. The molecule has 1 aromatic rings. The second-order valence-corrected chi connectivity index (χ2v) is 4.92. The number of fused-ring (bicyclic) bond motifs is 1. The quantitative estimate of drug-likeness (QED) is 0.714.